The van der Waals surface area contributed by atoms with Crippen molar-refractivity contribution in [2.24, 2.45) is 0 Å². The number of aromatic nitrogens is 2. The summed E-state index contributed by atoms with van der Waals surface area (Å²) in [6, 6.07) is 13.1. The first-order valence-electron chi connectivity index (χ1n) is 7.86. The van der Waals surface area contributed by atoms with Gasteiger partial charge in [0.2, 0.25) is 0 Å². The summed E-state index contributed by atoms with van der Waals surface area (Å²) in [5.74, 6) is 0.0722. The third-order valence-corrected chi connectivity index (χ3v) is 3.66. The van der Waals surface area contributed by atoms with Gasteiger partial charge in [0.15, 0.2) is 6.10 Å². The summed E-state index contributed by atoms with van der Waals surface area (Å²) in [5, 5.41) is 7.93. The van der Waals surface area contributed by atoms with Gasteiger partial charge < -0.3 is 10.1 Å². The molecule has 0 spiro atoms. The van der Waals surface area contributed by atoms with Crippen molar-refractivity contribution in [1.29, 1.82) is 0 Å². The first-order valence-corrected chi connectivity index (χ1v) is 7.86. The molecule has 1 N–H and O–H groups in total. The topological polar surface area (TPSA) is 56.1 Å². The molecule has 0 fully saturated rings. The molecule has 1 amide bonds. The quantitative estimate of drug-likeness (QED) is 0.745. The largest absolute Gasteiger partial charge is 0.480 e. The van der Waals surface area contributed by atoms with Crippen LogP contribution in [-0.4, -0.2) is 28.0 Å². The zero-order valence-electron chi connectivity index (χ0n) is 13.8. The predicted octanol–water partition coefficient (Wildman–Crippen LogP) is 4.00. The second-order valence-electron chi connectivity index (χ2n) is 5.77. The Morgan fingerprint density at radius 2 is 1.96 bits per heavy atom. The fourth-order valence-corrected chi connectivity index (χ4v) is 2.48. The Labute approximate surface area is 147 Å². The zero-order valence-corrected chi connectivity index (χ0v) is 13.8. The highest BCUT2D eigenvalue weighted by molar-refractivity contribution is 5.94. The molecule has 0 saturated heterocycles. The van der Waals surface area contributed by atoms with Crippen LogP contribution in [0.4, 0.5) is 18.9 Å². The number of nitrogens with zero attached hydrogens (tertiary/aromatic N) is 2. The lowest BCUT2D eigenvalue weighted by atomic mass is 10.1. The van der Waals surface area contributed by atoms with Gasteiger partial charge in [0.25, 0.3) is 5.91 Å². The van der Waals surface area contributed by atoms with Crippen LogP contribution < -0.4 is 10.1 Å². The molecule has 2 aromatic carbocycles. The summed E-state index contributed by atoms with van der Waals surface area (Å²) < 4.78 is 43.5. The number of halogens is 3. The highest BCUT2D eigenvalue weighted by atomic mass is 19.4. The van der Waals surface area contributed by atoms with Gasteiger partial charge in [0.1, 0.15) is 12.3 Å². The summed E-state index contributed by atoms with van der Waals surface area (Å²) in [6.45, 7) is 0.349. The van der Waals surface area contributed by atoms with Gasteiger partial charge in [-0.25, -0.2) is 0 Å². The second-order valence-corrected chi connectivity index (χ2v) is 5.77. The van der Waals surface area contributed by atoms with Crippen LogP contribution in [0.3, 0.4) is 0 Å². The Kier molecular flexibility index (Phi) is 4.83. The Morgan fingerprint density at radius 3 is 2.73 bits per heavy atom. The van der Waals surface area contributed by atoms with Crippen LogP contribution >= 0.6 is 0 Å². The monoisotopic (exact) mass is 363 g/mol. The van der Waals surface area contributed by atoms with Crippen molar-refractivity contribution in [2.75, 3.05) is 5.32 Å². The van der Waals surface area contributed by atoms with E-state index in [-0.39, 0.29) is 5.69 Å². The van der Waals surface area contributed by atoms with Crippen molar-refractivity contribution >= 4 is 22.4 Å². The molecule has 3 rings (SSSR count). The van der Waals surface area contributed by atoms with E-state index in [9.17, 15) is 18.0 Å². The van der Waals surface area contributed by atoms with Gasteiger partial charge >= 0.3 is 6.18 Å². The summed E-state index contributed by atoms with van der Waals surface area (Å²) in [4.78, 5) is 12.3. The van der Waals surface area contributed by atoms with E-state index in [0.29, 0.717) is 10.4 Å². The summed E-state index contributed by atoms with van der Waals surface area (Å²) >= 11 is 0. The maximum Gasteiger partial charge on any atom is 0.408 e. The molecular formula is C18H16F3N3O2. The average molecular weight is 363 g/mol. The molecule has 5 nitrogen and oxygen atoms in total. The number of benzene rings is 2. The lowest BCUT2D eigenvalue weighted by Gasteiger charge is -2.15. The number of carbonyl (C=O) groups is 1. The van der Waals surface area contributed by atoms with Crippen LogP contribution in [0.15, 0.2) is 54.9 Å². The first kappa shape index (κ1) is 17.8. The maximum absolute atomic E-state index is 12.3. The van der Waals surface area contributed by atoms with Crippen molar-refractivity contribution in [1.82, 2.24) is 9.78 Å². The van der Waals surface area contributed by atoms with E-state index < -0.39 is 24.7 Å². The van der Waals surface area contributed by atoms with E-state index in [1.165, 1.54) is 0 Å². The van der Waals surface area contributed by atoms with Crippen LogP contribution in [0.5, 0.6) is 5.75 Å². The number of anilines is 1. The molecule has 1 aromatic heterocycles. The Balaban J connectivity index is 1.66. The first-order chi connectivity index (χ1) is 12.3. The van der Waals surface area contributed by atoms with Crippen LogP contribution in [-0.2, 0) is 11.3 Å². The second kappa shape index (κ2) is 7.07. The minimum Gasteiger partial charge on any atom is -0.480 e. The molecule has 0 saturated carbocycles. The standard InChI is InChI=1S/C18H16F3N3O2/c1-12(26-16-8-4-6-13-5-2-3-7-15(13)16)17(25)23-14-9-22-24(10-14)11-18(19,20)21/h2-10,12H,11H2,1H3,(H,23,25). The summed E-state index contributed by atoms with van der Waals surface area (Å²) in [5.41, 5.74) is 0.174. The van der Waals surface area contributed by atoms with Crippen LogP contribution in [0, 0.1) is 0 Å². The number of hydrogen-bond donors (Lipinski definition) is 1. The molecule has 0 aliphatic heterocycles. The molecule has 0 bridgehead atoms. The number of hydrogen-bond acceptors (Lipinski definition) is 3. The van der Waals surface area contributed by atoms with Crippen molar-refractivity contribution in [3.63, 3.8) is 0 Å². The van der Waals surface area contributed by atoms with Crippen molar-refractivity contribution in [3.8, 4) is 5.75 Å². The molecule has 136 valence electrons. The molecule has 26 heavy (non-hydrogen) atoms. The number of rotatable bonds is 5. The van der Waals surface area contributed by atoms with Crippen molar-refractivity contribution < 1.29 is 22.7 Å². The number of ether oxygens (including phenoxy) is 1. The number of carbonyl (C=O) groups excluding carboxylic acids is 1. The van der Waals surface area contributed by atoms with Gasteiger partial charge in [-0.05, 0) is 18.4 Å². The highest BCUT2D eigenvalue weighted by Gasteiger charge is 2.28. The van der Waals surface area contributed by atoms with Gasteiger partial charge in [-0.15, -0.1) is 0 Å². The minimum atomic E-state index is -4.38. The minimum absolute atomic E-state index is 0.174. The third kappa shape index (κ3) is 4.33. The van der Waals surface area contributed by atoms with Crippen LogP contribution in [0.2, 0.25) is 0 Å². The molecule has 1 atom stereocenters. The Hall–Kier alpha value is -3.03. The van der Waals surface area contributed by atoms with E-state index in [4.69, 9.17) is 4.74 Å². The third-order valence-electron chi connectivity index (χ3n) is 3.66. The van der Waals surface area contributed by atoms with Crippen molar-refractivity contribution in [2.45, 2.75) is 25.7 Å². The van der Waals surface area contributed by atoms with E-state index in [2.05, 4.69) is 10.4 Å². The Bertz CT molecular complexity index is 916. The zero-order chi connectivity index (χ0) is 18.7. The van der Waals surface area contributed by atoms with Gasteiger partial charge in [-0.3, -0.25) is 9.48 Å². The number of alkyl halides is 3. The molecule has 0 aliphatic carbocycles. The van der Waals surface area contributed by atoms with Crippen LogP contribution in [0.1, 0.15) is 6.92 Å². The van der Waals surface area contributed by atoms with Gasteiger partial charge in [0, 0.05) is 11.6 Å². The molecule has 0 aliphatic rings. The van der Waals surface area contributed by atoms with Gasteiger partial charge in [0.05, 0.1) is 11.9 Å². The van der Waals surface area contributed by atoms with Gasteiger partial charge in [-0.1, -0.05) is 36.4 Å². The van der Waals surface area contributed by atoms with Crippen LogP contribution in [0.25, 0.3) is 10.8 Å². The molecule has 0 radical (unpaired) electrons. The summed E-state index contributed by atoms with van der Waals surface area (Å²) in [6.07, 6.45) is -2.94. The fourth-order valence-electron chi connectivity index (χ4n) is 2.48. The fraction of sp³-hybridized carbons (Fsp3) is 0.222. The van der Waals surface area contributed by atoms with Gasteiger partial charge in [-0.2, -0.15) is 18.3 Å². The predicted molar refractivity (Wildman–Crippen MR) is 90.9 cm³/mol. The lowest BCUT2D eigenvalue weighted by molar-refractivity contribution is -0.142. The van der Waals surface area contributed by atoms with E-state index in [0.717, 1.165) is 23.2 Å². The lowest BCUT2D eigenvalue weighted by Crippen LogP contribution is -2.30. The van der Waals surface area contributed by atoms with E-state index in [1.54, 1.807) is 13.0 Å². The molecule has 3 aromatic rings. The molecule has 1 unspecified atom stereocenters. The number of fused-ring (bicyclic) bond motifs is 1. The molecule has 8 heteroatoms. The van der Waals surface area contributed by atoms with Crippen molar-refractivity contribution in [3.05, 3.63) is 54.9 Å². The maximum atomic E-state index is 12.3. The SMILES string of the molecule is CC(Oc1cccc2ccccc12)C(=O)Nc1cnn(CC(F)(F)F)c1. The Morgan fingerprint density at radius 1 is 1.23 bits per heavy atom. The average Bonchev–Trinajstić information content (AvgIpc) is 3.00. The highest BCUT2D eigenvalue weighted by Crippen LogP contribution is 2.26. The number of amides is 1. The summed E-state index contributed by atoms with van der Waals surface area (Å²) in [7, 11) is 0. The smallest absolute Gasteiger partial charge is 0.408 e. The number of nitrogens with one attached hydrogen (secondary N) is 1. The van der Waals surface area contributed by atoms with E-state index in [1.807, 2.05) is 36.4 Å². The molecular weight excluding hydrogens is 347 g/mol. The van der Waals surface area contributed by atoms with E-state index >= 15 is 0 Å². The normalized spacial score (nSPS) is 12.8. The molecule has 1 heterocycles.